The molecule has 4 aromatic rings. The molecule has 0 unspecified atom stereocenters. The number of benzene rings is 2. The number of nitrogen functional groups attached to an aromatic ring is 1. The Hall–Kier alpha value is -4.62. The van der Waals surface area contributed by atoms with Crippen LogP contribution in [0.2, 0.25) is 0 Å². The zero-order valence-corrected chi connectivity index (χ0v) is 24.3. The molecule has 0 aliphatic rings. The minimum Gasteiger partial charge on any atom is -0.480 e. The number of halogens is 2. The highest BCUT2D eigenvalue weighted by Gasteiger charge is 2.32. The minimum absolute atomic E-state index is 0.00119. The summed E-state index contributed by atoms with van der Waals surface area (Å²) < 4.78 is 39.9. The maximum absolute atomic E-state index is 14.8. The number of amides is 2. The number of nitrogens with one attached hydrogen (secondary N) is 1. The Morgan fingerprint density at radius 1 is 0.976 bits per heavy atom. The molecule has 0 fully saturated rings. The number of carbonyl (C=O) groups excluding carboxylic acids is 2. The molecule has 2 aromatic heterocycles. The number of carbonyl (C=O) groups is 2. The third kappa shape index (κ3) is 6.81. The first-order chi connectivity index (χ1) is 20.1. The Morgan fingerprint density at radius 3 is 2.24 bits per heavy atom. The lowest BCUT2D eigenvalue weighted by Gasteiger charge is -2.23. The van der Waals surface area contributed by atoms with E-state index in [-0.39, 0.29) is 41.0 Å². The lowest BCUT2D eigenvalue weighted by molar-refractivity contribution is 0.102. The van der Waals surface area contributed by atoms with Crippen molar-refractivity contribution in [1.82, 2.24) is 15.1 Å². The van der Waals surface area contributed by atoms with E-state index in [9.17, 15) is 18.4 Å². The number of thiophene rings is 1. The van der Waals surface area contributed by atoms with Crippen LogP contribution >= 0.6 is 11.3 Å². The van der Waals surface area contributed by atoms with Gasteiger partial charge in [-0.1, -0.05) is 18.2 Å². The highest BCUT2D eigenvalue weighted by molar-refractivity contribution is 7.20. The van der Waals surface area contributed by atoms with E-state index in [1.54, 1.807) is 31.2 Å². The largest absolute Gasteiger partial charge is 0.480 e. The summed E-state index contributed by atoms with van der Waals surface area (Å²) in [4.78, 5) is 31.0. The minimum atomic E-state index is -0.875. The fourth-order valence-corrected chi connectivity index (χ4v) is 5.45. The third-order valence-electron chi connectivity index (χ3n) is 6.06. The molecule has 13 heteroatoms. The molecule has 0 aliphatic carbocycles. The van der Waals surface area contributed by atoms with E-state index in [0.29, 0.717) is 16.1 Å². The first-order valence-electron chi connectivity index (χ1n) is 12.8. The number of rotatable bonds is 10. The molecule has 0 saturated carbocycles. The molecule has 0 spiro atoms. The van der Waals surface area contributed by atoms with Crippen molar-refractivity contribution in [1.29, 1.82) is 0 Å². The van der Waals surface area contributed by atoms with Gasteiger partial charge < -0.3 is 25.4 Å². The molecule has 0 saturated heterocycles. The zero-order chi connectivity index (χ0) is 30.4. The molecule has 0 atom stereocenters. The molecule has 3 N–H and O–H groups in total. The summed E-state index contributed by atoms with van der Waals surface area (Å²) in [6, 6.07) is 13.5. The first-order valence-corrected chi connectivity index (χ1v) is 13.7. The van der Waals surface area contributed by atoms with Crippen LogP contribution in [0.5, 0.6) is 5.88 Å². The lowest BCUT2D eigenvalue weighted by Crippen LogP contribution is -2.33. The molecule has 0 radical (unpaired) electrons. The van der Waals surface area contributed by atoms with Crippen molar-refractivity contribution in [3.63, 3.8) is 0 Å². The molecule has 42 heavy (non-hydrogen) atoms. The third-order valence-corrected chi connectivity index (χ3v) is 7.37. The van der Waals surface area contributed by atoms with Gasteiger partial charge in [-0.2, -0.15) is 0 Å². The summed E-state index contributed by atoms with van der Waals surface area (Å²) in [6.45, 7) is 1.38. The monoisotopic (exact) mass is 596 g/mol. The number of nitrogens with zero attached hydrogens (tertiary/aromatic N) is 4. The van der Waals surface area contributed by atoms with Gasteiger partial charge in [-0.15, -0.1) is 21.5 Å². The Morgan fingerprint density at radius 2 is 1.67 bits per heavy atom. The summed E-state index contributed by atoms with van der Waals surface area (Å²) in [7, 11) is 5.10. The zero-order valence-electron chi connectivity index (χ0n) is 23.5. The molecule has 10 nitrogen and oxygen atoms in total. The number of methoxy groups -OCH3 is 1. The first kappa shape index (κ1) is 30.3. The van der Waals surface area contributed by atoms with Crippen LogP contribution in [0.25, 0.3) is 10.4 Å². The van der Waals surface area contributed by atoms with Crippen molar-refractivity contribution in [2.75, 3.05) is 43.8 Å². The van der Waals surface area contributed by atoms with E-state index in [0.717, 1.165) is 33.9 Å². The van der Waals surface area contributed by atoms with E-state index in [1.807, 2.05) is 19.0 Å². The van der Waals surface area contributed by atoms with Crippen molar-refractivity contribution in [3.8, 4) is 16.3 Å². The summed E-state index contributed by atoms with van der Waals surface area (Å²) in [5.41, 5.74) is 7.53. The van der Waals surface area contributed by atoms with Crippen LogP contribution in [0.1, 0.15) is 28.4 Å². The van der Waals surface area contributed by atoms with Gasteiger partial charge in [0.2, 0.25) is 5.88 Å². The SMILES string of the molecule is CCOC(=O)N(Cc1c(F)cccc1F)c1sc(-c2ccc(N)cc2)c(CN(C)C)c1C(=O)Nc1ccc(OC)nn1. The molecule has 2 aromatic carbocycles. The highest BCUT2D eigenvalue weighted by atomic mass is 32.1. The van der Waals surface area contributed by atoms with E-state index >= 15 is 0 Å². The second-order valence-corrected chi connectivity index (χ2v) is 10.3. The van der Waals surface area contributed by atoms with Crippen LogP contribution in [-0.4, -0.2) is 54.9 Å². The second-order valence-electron chi connectivity index (χ2n) is 9.35. The van der Waals surface area contributed by atoms with E-state index in [1.165, 1.54) is 25.3 Å². The van der Waals surface area contributed by atoms with E-state index in [4.69, 9.17) is 15.2 Å². The molecular formula is C29H30F2N6O4S. The standard InChI is InChI=1S/C29H30F2N6O4S/c1-5-41-29(39)37(16-19-21(30)7-6-8-22(19)31)28-25(27(38)33-23-13-14-24(40-4)35-34-23)20(15-36(2)3)26(42-28)17-9-11-18(32)12-10-17/h6-14H,5,15-16,32H2,1-4H3,(H,33,34,38). The van der Waals surface area contributed by atoms with E-state index < -0.39 is 30.2 Å². The number of hydrogen-bond donors (Lipinski definition) is 2. The number of hydrogen-bond acceptors (Lipinski definition) is 9. The fraction of sp³-hybridized carbons (Fsp3) is 0.241. The number of anilines is 3. The molecule has 2 heterocycles. The maximum Gasteiger partial charge on any atom is 0.415 e. The summed E-state index contributed by atoms with van der Waals surface area (Å²) in [5.74, 6) is -1.91. The normalized spacial score (nSPS) is 10.9. The molecular weight excluding hydrogens is 566 g/mol. The molecule has 220 valence electrons. The van der Waals surface area contributed by atoms with Gasteiger partial charge in [0, 0.05) is 28.7 Å². The Bertz CT molecular complexity index is 1540. The number of aromatic nitrogens is 2. The van der Waals surface area contributed by atoms with Gasteiger partial charge in [-0.25, -0.2) is 13.6 Å². The van der Waals surface area contributed by atoms with Crippen LogP contribution in [-0.2, 0) is 17.8 Å². The van der Waals surface area contributed by atoms with Gasteiger partial charge in [0.25, 0.3) is 5.91 Å². The lowest BCUT2D eigenvalue weighted by atomic mass is 10.0. The molecule has 2 amide bonds. The van der Waals surface area contributed by atoms with Crippen LogP contribution < -0.4 is 20.7 Å². The topological polar surface area (TPSA) is 123 Å². The van der Waals surface area contributed by atoms with Crippen molar-refractivity contribution < 1.29 is 27.8 Å². The number of nitrogens with two attached hydrogens (primary N) is 1. The average Bonchev–Trinajstić information content (AvgIpc) is 3.31. The second kappa shape index (κ2) is 13.4. The smallest absolute Gasteiger partial charge is 0.415 e. The average molecular weight is 597 g/mol. The van der Waals surface area contributed by atoms with Crippen molar-refractivity contribution in [2.24, 2.45) is 0 Å². The predicted molar refractivity (Wildman–Crippen MR) is 158 cm³/mol. The van der Waals surface area contributed by atoms with Gasteiger partial charge in [0.1, 0.15) is 16.6 Å². The van der Waals surface area contributed by atoms with Gasteiger partial charge in [0.05, 0.1) is 25.8 Å². The molecule has 0 aliphatic heterocycles. The van der Waals surface area contributed by atoms with Crippen LogP contribution in [0, 0.1) is 11.6 Å². The highest BCUT2D eigenvalue weighted by Crippen LogP contribution is 2.44. The van der Waals surface area contributed by atoms with Crippen LogP contribution in [0.3, 0.4) is 0 Å². The number of ether oxygens (including phenoxy) is 2. The van der Waals surface area contributed by atoms with Crippen LogP contribution in [0.15, 0.2) is 54.6 Å². The summed E-state index contributed by atoms with van der Waals surface area (Å²) in [6.07, 6.45) is -0.875. The van der Waals surface area contributed by atoms with E-state index in [2.05, 4.69) is 15.5 Å². The molecule has 4 rings (SSSR count). The van der Waals surface area contributed by atoms with Crippen molar-refractivity contribution in [3.05, 3.63) is 82.9 Å². The van der Waals surface area contributed by atoms with Crippen molar-refractivity contribution >= 4 is 39.8 Å². The maximum atomic E-state index is 14.8. The summed E-state index contributed by atoms with van der Waals surface area (Å²) in [5, 5.41) is 10.7. The molecule has 0 bridgehead atoms. The fourth-order valence-electron chi connectivity index (χ4n) is 4.15. The van der Waals surface area contributed by atoms with Gasteiger partial charge in [-0.3, -0.25) is 9.69 Å². The van der Waals surface area contributed by atoms with Crippen molar-refractivity contribution in [2.45, 2.75) is 20.0 Å². The van der Waals surface area contributed by atoms with Gasteiger partial charge >= 0.3 is 6.09 Å². The summed E-state index contributed by atoms with van der Waals surface area (Å²) >= 11 is 1.12. The quantitative estimate of drug-likeness (QED) is 0.229. The Balaban J connectivity index is 1.94. The van der Waals surface area contributed by atoms with Crippen LogP contribution in [0.4, 0.5) is 30.1 Å². The van der Waals surface area contributed by atoms with Gasteiger partial charge in [0.15, 0.2) is 5.82 Å². The van der Waals surface area contributed by atoms with Gasteiger partial charge in [-0.05, 0) is 62.5 Å². The Labute approximate surface area is 245 Å². The Kier molecular flexibility index (Phi) is 9.65. The predicted octanol–water partition coefficient (Wildman–Crippen LogP) is 5.55.